The van der Waals surface area contributed by atoms with E-state index < -0.39 is 6.10 Å². The van der Waals surface area contributed by atoms with Crippen molar-refractivity contribution in [2.75, 3.05) is 60.0 Å². The Morgan fingerprint density at radius 2 is 1.84 bits per heavy atom. The topological polar surface area (TPSA) is 61.3 Å². The van der Waals surface area contributed by atoms with Gasteiger partial charge in [0.2, 0.25) is 0 Å². The van der Waals surface area contributed by atoms with E-state index >= 15 is 0 Å². The second kappa shape index (κ2) is 12.0. The van der Waals surface area contributed by atoms with Gasteiger partial charge in [-0.05, 0) is 43.4 Å². The van der Waals surface area contributed by atoms with E-state index in [9.17, 15) is 5.11 Å². The van der Waals surface area contributed by atoms with E-state index in [0.29, 0.717) is 18.0 Å². The van der Waals surface area contributed by atoms with Crippen LogP contribution in [-0.4, -0.2) is 90.9 Å². The summed E-state index contributed by atoms with van der Waals surface area (Å²) in [5.41, 5.74) is 2.18. The SMILES string of the molecule is CCN1CCN(C[C@@H](O)COc2ccc(CN(C)Cc3ccccn3)cc2OC)CC1. The molecule has 2 heterocycles. The highest BCUT2D eigenvalue weighted by molar-refractivity contribution is 5.43. The van der Waals surface area contributed by atoms with Gasteiger partial charge in [-0.3, -0.25) is 14.8 Å². The van der Waals surface area contributed by atoms with Crippen LogP contribution in [0.25, 0.3) is 0 Å². The number of aliphatic hydroxyl groups excluding tert-OH is 1. The molecule has 1 fully saturated rings. The standard InChI is InChI=1S/C24H36N4O3/c1-4-27-11-13-28(14-12-27)18-22(29)19-31-23-9-8-20(15-24(23)30-3)16-26(2)17-21-7-5-6-10-25-21/h5-10,15,22,29H,4,11-14,16-19H2,1-3H3/t22-/m1/s1. The number of piperazine rings is 1. The smallest absolute Gasteiger partial charge is 0.161 e. The molecule has 1 saturated heterocycles. The summed E-state index contributed by atoms with van der Waals surface area (Å²) in [7, 11) is 3.72. The first kappa shape index (κ1) is 23.5. The summed E-state index contributed by atoms with van der Waals surface area (Å²) in [5, 5.41) is 10.4. The molecule has 0 amide bonds. The van der Waals surface area contributed by atoms with Crippen molar-refractivity contribution >= 4 is 0 Å². The van der Waals surface area contributed by atoms with Crippen molar-refractivity contribution in [3.05, 3.63) is 53.9 Å². The highest BCUT2D eigenvalue weighted by atomic mass is 16.5. The largest absolute Gasteiger partial charge is 0.493 e. The zero-order valence-corrected chi connectivity index (χ0v) is 19.0. The molecule has 1 atom stereocenters. The Balaban J connectivity index is 1.48. The van der Waals surface area contributed by atoms with Gasteiger partial charge in [0.05, 0.1) is 12.8 Å². The molecule has 7 nitrogen and oxygen atoms in total. The molecule has 31 heavy (non-hydrogen) atoms. The number of methoxy groups -OCH3 is 1. The maximum absolute atomic E-state index is 10.4. The maximum Gasteiger partial charge on any atom is 0.161 e. The molecule has 1 aromatic carbocycles. The molecule has 3 rings (SSSR count). The Morgan fingerprint density at radius 3 is 2.52 bits per heavy atom. The number of pyridine rings is 1. The lowest BCUT2D eigenvalue weighted by molar-refractivity contribution is 0.0464. The van der Waals surface area contributed by atoms with Crippen molar-refractivity contribution in [2.45, 2.75) is 26.1 Å². The third-order valence-electron chi connectivity index (χ3n) is 5.65. The fourth-order valence-corrected chi connectivity index (χ4v) is 3.89. The third kappa shape index (κ3) is 7.47. The van der Waals surface area contributed by atoms with Gasteiger partial charge < -0.3 is 19.5 Å². The van der Waals surface area contributed by atoms with Crippen molar-refractivity contribution in [3.8, 4) is 11.5 Å². The second-order valence-electron chi connectivity index (χ2n) is 8.18. The number of likely N-dealkylation sites (N-methyl/N-ethyl adjacent to an activating group) is 1. The van der Waals surface area contributed by atoms with Crippen molar-refractivity contribution < 1.29 is 14.6 Å². The number of hydrogen-bond donors (Lipinski definition) is 1. The highest BCUT2D eigenvalue weighted by Crippen LogP contribution is 2.28. The monoisotopic (exact) mass is 428 g/mol. The lowest BCUT2D eigenvalue weighted by atomic mass is 10.2. The number of ether oxygens (including phenoxy) is 2. The molecule has 0 unspecified atom stereocenters. The molecule has 1 N–H and O–H groups in total. The number of aliphatic hydroxyl groups is 1. The lowest BCUT2D eigenvalue weighted by Crippen LogP contribution is -2.49. The number of hydrogen-bond acceptors (Lipinski definition) is 7. The first-order valence-electron chi connectivity index (χ1n) is 11.1. The van der Waals surface area contributed by atoms with Crippen LogP contribution in [0.15, 0.2) is 42.6 Å². The maximum atomic E-state index is 10.4. The molecule has 1 aliphatic rings. The average molecular weight is 429 g/mol. The van der Waals surface area contributed by atoms with Crippen LogP contribution in [0.5, 0.6) is 11.5 Å². The summed E-state index contributed by atoms with van der Waals surface area (Å²) < 4.78 is 11.4. The summed E-state index contributed by atoms with van der Waals surface area (Å²) in [6, 6.07) is 11.9. The van der Waals surface area contributed by atoms with Crippen LogP contribution in [0.2, 0.25) is 0 Å². The van der Waals surface area contributed by atoms with Gasteiger partial charge >= 0.3 is 0 Å². The van der Waals surface area contributed by atoms with Crippen molar-refractivity contribution in [1.82, 2.24) is 19.7 Å². The molecule has 0 aliphatic carbocycles. The fourth-order valence-electron chi connectivity index (χ4n) is 3.89. The molecular weight excluding hydrogens is 392 g/mol. The molecular formula is C24H36N4O3. The number of β-amino-alcohol motifs (C(OH)–C–C–N with tert-alkyl or cyclic N) is 1. The van der Waals surface area contributed by atoms with Crippen LogP contribution in [0, 0.1) is 0 Å². The number of benzene rings is 1. The number of rotatable bonds is 11. The molecule has 0 bridgehead atoms. The van der Waals surface area contributed by atoms with Gasteiger partial charge in [-0.2, -0.15) is 0 Å². The Hall–Kier alpha value is -2.19. The zero-order chi connectivity index (χ0) is 22.1. The van der Waals surface area contributed by atoms with Crippen LogP contribution in [0.4, 0.5) is 0 Å². The second-order valence-corrected chi connectivity index (χ2v) is 8.18. The molecule has 0 radical (unpaired) electrons. The van der Waals surface area contributed by atoms with Crippen molar-refractivity contribution in [1.29, 1.82) is 0 Å². The van der Waals surface area contributed by atoms with E-state index in [1.807, 2.05) is 42.6 Å². The minimum Gasteiger partial charge on any atom is -0.493 e. The van der Waals surface area contributed by atoms with Gasteiger partial charge in [-0.15, -0.1) is 0 Å². The summed E-state index contributed by atoms with van der Waals surface area (Å²) in [6.07, 6.45) is 1.29. The minimum atomic E-state index is -0.526. The van der Waals surface area contributed by atoms with E-state index in [1.165, 1.54) is 0 Å². The third-order valence-corrected chi connectivity index (χ3v) is 5.65. The molecule has 7 heteroatoms. The van der Waals surface area contributed by atoms with Crippen molar-refractivity contribution in [3.63, 3.8) is 0 Å². The van der Waals surface area contributed by atoms with Crippen LogP contribution in [0.3, 0.4) is 0 Å². The number of aromatic nitrogens is 1. The van der Waals surface area contributed by atoms with Gasteiger partial charge in [0.15, 0.2) is 11.5 Å². The Labute approximate surface area is 186 Å². The summed E-state index contributed by atoms with van der Waals surface area (Å²) in [5.74, 6) is 1.35. The molecule has 0 spiro atoms. The van der Waals surface area contributed by atoms with E-state index in [1.54, 1.807) is 7.11 Å². The van der Waals surface area contributed by atoms with E-state index in [0.717, 1.165) is 57.1 Å². The molecule has 0 saturated carbocycles. The normalized spacial score (nSPS) is 16.4. The van der Waals surface area contributed by atoms with Crippen LogP contribution in [0.1, 0.15) is 18.2 Å². The molecule has 1 aromatic heterocycles. The Morgan fingerprint density at radius 1 is 1.06 bits per heavy atom. The fraction of sp³-hybridized carbons (Fsp3) is 0.542. The predicted octanol–water partition coefficient (Wildman–Crippen LogP) is 2.10. The van der Waals surface area contributed by atoms with E-state index in [2.05, 4.69) is 33.7 Å². The van der Waals surface area contributed by atoms with Gasteiger partial charge in [0, 0.05) is 52.0 Å². The molecule has 2 aromatic rings. The average Bonchev–Trinajstić information content (AvgIpc) is 2.79. The van der Waals surface area contributed by atoms with Gasteiger partial charge in [0.1, 0.15) is 12.7 Å². The number of nitrogens with zero attached hydrogens (tertiary/aromatic N) is 4. The first-order chi connectivity index (χ1) is 15.1. The van der Waals surface area contributed by atoms with Crippen LogP contribution < -0.4 is 9.47 Å². The summed E-state index contributed by atoms with van der Waals surface area (Å²) in [6.45, 7) is 9.84. The van der Waals surface area contributed by atoms with Gasteiger partial charge in [-0.25, -0.2) is 0 Å². The Kier molecular flexibility index (Phi) is 9.09. The van der Waals surface area contributed by atoms with Crippen LogP contribution >= 0.6 is 0 Å². The Bertz CT molecular complexity index is 782. The summed E-state index contributed by atoms with van der Waals surface area (Å²) >= 11 is 0. The summed E-state index contributed by atoms with van der Waals surface area (Å²) in [4.78, 5) is 11.3. The highest BCUT2D eigenvalue weighted by Gasteiger charge is 2.19. The van der Waals surface area contributed by atoms with E-state index in [4.69, 9.17) is 9.47 Å². The minimum absolute atomic E-state index is 0.253. The van der Waals surface area contributed by atoms with Gasteiger partial charge in [-0.1, -0.05) is 19.1 Å². The van der Waals surface area contributed by atoms with Crippen molar-refractivity contribution in [2.24, 2.45) is 0 Å². The lowest BCUT2D eigenvalue weighted by Gasteiger charge is -2.34. The quantitative estimate of drug-likeness (QED) is 0.588. The molecule has 1 aliphatic heterocycles. The van der Waals surface area contributed by atoms with E-state index in [-0.39, 0.29) is 6.61 Å². The van der Waals surface area contributed by atoms with Crippen LogP contribution in [-0.2, 0) is 13.1 Å². The van der Waals surface area contributed by atoms with Gasteiger partial charge in [0.25, 0.3) is 0 Å². The first-order valence-corrected chi connectivity index (χ1v) is 11.1. The zero-order valence-electron chi connectivity index (χ0n) is 19.0. The predicted molar refractivity (Wildman–Crippen MR) is 122 cm³/mol. The molecule has 170 valence electrons.